The second kappa shape index (κ2) is 7.02. The maximum absolute atomic E-state index is 4.17. The molecule has 2 aromatic rings. The summed E-state index contributed by atoms with van der Waals surface area (Å²) in [5.74, 6) is 0. The lowest BCUT2D eigenvalue weighted by Crippen LogP contribution is -2.24. The van der Waals surface area contributed by atoms with Gasteiger partial charge in [0.1, 0.15) is 0 Å². The van der Waals surface area contributed by atoms with Crippen molar-refractivity contribution in [2.24, 2.45) is 0 Å². The molecule has 108 valence electrons. The third kappa shape index (κ3) is 3.48. The second-order valence-corrected chi connectivity index (χ2v) is 6.27. The van der Waals surface area contributed by atoms with E-state index >= 15 is 0 Å². The van der Waals surface area contributed by atoms with Crippen LogP contribution in [0.3, 0.4) is 0 Å². The molecule has 0 saturated carbocycles. The van der Waals surface area contributed by atoms with Crippen molar-refractivity contribution in [2.45, 2.75) is 25.8 Å². The van der Waals surface area contributed by atoms with Gasteiger partial charge in [-0.1, -0.05) is 6.07 Å². The minimum absolute atomic E-state index is 0.893. The molecule has 4 nitrogen and oxygen atoms in total. The van der Waals surface area contributed by atoms with Gasteiger partial charge in [-0.3, -0.25) is 5.10 Å². The zero-order chi connectivity index (χ0) is 13.6. The van der Waals surface area contributed by atoms with E-state index in [0.717, 1.165) is 18.8 Å². The zero-order valence-electron chi connectivity index (χ0n) is 11.8. The van der Waals surface area contributed by atoms with Gasteiger partial charge >= 0.3 is 0 Å². The summed E-state index contributed by atoms with van der Waals surface area (Å²) in [6.45, 7) is 5.79. The lowest BCUT2D eigenvalue weighted by atomic mass is 10.2. The molecule has 0 aliphatic carbocycles. The molecule has 1 aliphatic heterocycles. The van der Waals surface area contributed by atoms with Gasteiger partial charge in [0.15, 0.2) is 0 Å². The van der Waals surface area contributed by atoms with Crippen LogP contribution in [0.15, 0.2) is 23.7 Å². The van der Waals surface area contributed by atoms with E-state index in [1.165, 1.54) is 49.3 Å². The molecule has 0 aromatic carbocycles. The number of aromatic nitrogens is 2. The fraction of sp³-hybridized carbons (Fsp3) is 0.533. The molecular weight excluding hydrogens is 268 g/mol. The SMILES string of the molecule is c1csc(-c2[nH]ncc2CNCCCN2CCCC2)c1. The fourth-order valence-corrected chi connectivity index (χ4v) is 3.49. The van der Waals surface area contributed by atoms with Gasteiger partial charge in [-0.15, -0.1) is 11.3 Å². The van der Waals surface area contributed by atoms with Crippen LogP contribution < -0.4 is 5.32 Å². The molecule has 0 unspecified atom stereocenters. The summed E-state index contributed by atoms with van der Waals surface area (Å²) < 4.78 is 0. The third-order valence-electron chi connectivity index (χ3n) is 3.83. The Balaban J connectivity index is 1.41. The average molecular weight is 290 g/mol. The van der Waals surface area contributed by atoms with E-state index < -0.39 is 0 Å². The molecule has 1 aliphatic rings. The highest BCUT2D eigenvalue weighted by Gasteiger charge is 2.10. The number of nitrogens with zero attached hydrogens (tertiary/aromatic N) is 2. The number of nitrogens with one attached hydrogen (secondary N) is 2. The molecule has 0 bridgehead atoms. The molecule has 5 heteroatoms. The Morgan fingerprint density at radius 3 is 3.05 bits per heavy atom. The Morgan fingerprint density at radius 2 is 2.25 bits per heavy atom. The summed E-state index contributed by atoms with van der Waals surface area (Å²) in [5.41, 5.74) is 2.42. The Kier molecular flexibility index (Phi) is 4.84. The topological polar surface area (TPSA) is 44.0 Å². The van der Waals surface area contributed by atoms with Crippen LogP contribution in [0.1, 0.15) is 24.8 Å². The summed E-state index contributed by atoms with van der Waals surface area (Å²) >= 11 is 1.75. The van der Waals surface area contributed by atoms with E-state index in [4.69, 9.17) is 0 Å². The maximum Gasteiger partial charge on any atom is 0.0794 e. The smallest absolute Gasteiger partial charge is 0.0794 e. The van der Waals surface area contributed by atoms with E-state index in [2.05, 4.69) is 37.9 Å². The van der Waals surface area contributed by atoms with Crippen LogP contribution in [0, 0.1) is 0 Å². The van der Waals surface area contributed by atoms with Gasteiger partial charge < -0.3 is 10.2 Å². The van der Waals surface area contributed by atoms with Crippen molar-refractivity contribution < 1.29 is 0 Å². The lowest BCUT2D eigenvalue weighted by molar-refractivity contribution is 0.331. The molecule has 1 fully saturated rings. The Labute approximate surface area is 124 Å². The predicted molar refractivity (Wildman–Crippen MR) is 83.9 cm³/mol. The number of likely N-dealkylation sites (tertiary alicyclic amines) is 1. The molecule has 3 heterocycles. The van der Waals surface area contributed by atoms with Crippen molar-refractivity contribution in [1.82, 2.24) is 20.4 Å². The van der Waals surface area contributed by atoms with Gasteiger partial charge in [0.25, 0.3) is 0 Å². The van der Waals surface area contributed by atoms with Crippen LogP contribution in [0.5, 0.6) is 0 Å². The third-order valence-corrected chi connectivity index (χ3v) is 4.71. The molecule has 0 amide bonds. The summed E-state index contributed by atoms with van der Waals surface area (Å²) in [6, 6.07) is 4.21. The molecule has 3 rings (SSSR count). The highest BCUT2D eigenvalue weighted by molar-refractivity contribution is 7.13. The maximum atomic E-state index is 4.17. The highest BCUT2D eigenvalue weighted by Crippen LogP contribution is 2.25. The van der Waals surface area contributed by atoms with Crippen LogP contribution in [0.4, 0.5) is 0 Å². The van der Waals surface area contributed by atoms with Crippen LogP contribution in [-0.4, -0.2) is 41.3 Å². The monoisotopic (exact) mass is 290 g/mol. The van der Waals surface area contributed by atoms with Gasteiger partial charge in [-0.25, -0.2) is 0 Å². The van der Waals surface area contributed by atoms with E-state index in [1.54, 1.807) is 11.3 Å². The van der Waals surface area contributed by atoms with E-state index in [1.807, 2.05) is 6.20 Å². The summed E-state index contributed by atoms with van der Waals surface area (Å²) in [6.07, 6.45) is 5.92. The molecule has 0 atom stereocenters. The number of rotatable bonds is 7. The van der Waals surface area contributed by atoms with Crippen molar-refractivity contribution >= 4 is 11.3 Å². The Morgan fingerprint density at radius 1 is 1.35 bits per heavy atom. The first-order valence-electron chi connectivity index (χ1n) is 7.42. The molecule has 0 spiro atoms. The summed E-state index contributed by atoms with van der Waals surface area (Å²) in [7, 11) is 0. The fourth-order valence-electron chi connectivity index (χ4n) is 2.74. The zero-order valence-corrected chi connectivity index (χ0v) is 12.6. The van der Waals surface area contributed by atoms with Crippen molar-refractivity contribution in [3.8, 4) is 10.6 Å². The van der Waals surface area contributed by atoms with Crippen molar-refractivity contribution in [3.63, 3.8) is 0 Å². The highest BCUT2D eigenvalue weighted by atomic mass is 32.1. The number of aromatic amines is 1. The van der Waals surface area contributed by atoms with Crippen molar-refractivity contribution in [2.75, 3.05) is 26.2 Å². The first kappa shape index (κ1) is 13.8. The first-order chi connectivity index (χ1) is 9.93. The number of H-pyrrole nitrogens is 1. The standard InChI is InChI=1S/C15H22N4S/c1-2-8-19(7-1)9-4-6-16-11-13-12-17-18-15(13)14-5-3-10-20-14/h3,5,10,12,16H,1-2,4,6-9,11H2,(H,17,18). The molecule has 2 aromatic heterocycles. The Bertz CT molecular complexity index is 500. The molecule has 0 radical (unpaired) electrons. The van der Waals surface area contributed by atoms with E-state index in [-0.39, 0.29) is 0 Å². The van der Waals surface area contributed by atoms with Gasteiger partial charge in [0.05, 0.1) is 16.8 Å². The lowest BCUT2D eigenvalue weighted by Gasteiger charge is -2.14. The molecule has 2 N–H and O–H groups in total. The molecular formula is C15H22N4S. The minimum atomic E-state index is 0.893. The van der Waals surface area contributed by atoms with Crippen molar-refractivity contribution in [3.05, 3.63) is 29.3 Å². The van der Waals surface area contributed by atoms with Crippen LogP contribution in [0.2, 0.25) is 0 Å². The quantitative estimate of drug-likeness (QED) is 0.771. The van der Waals surface area contributed by atoms with Crippen LogP contribution >= 0.6 is 11.3 Å². The van der Waals surface area contributed by atoms with Gasteiger partial charge in [0, 0.05) is 12.1 Å². The van der Waals surface area contributed by atoms with E-state index in [9.17, 15) is 0 Å². The molecule has 20 heavy (non-hydrogen) atoms. The summed E-state index contributed by atoms with van der Waals surface area (Å²) in [5, 5.41) is 12.9. The molecule has 1 saturated heterocycles. The number of thiophene rings is 1. The normalized spacial score (nSPS) is 16.0. The first-order valence-corrected chi connectivity index (χ1v) is 8.30. The predicted octanol–water partition coefficient (Wildman–Crippen LogP) is 2.71. The van der Waals surface area contributed by atoms with Crippen molar-refractivity contribution in [1.29, 1.82) is 0 Å². The van der Waals surface area contributed by atoms with Crippen LogP contribution in [-0.2, 0) is 6.54 Å². The van der Waals surface area contributed by atoms with E-state index in [0.29, 0.717) is 0 Å². The summed E-state index contributed by atoms with van der Waals surface area (Å²) in [4.78, 5) is 3.83. The average Bonchev–Trinajstić information content (AvgIpc) is 3.20. The van der Waals surface area contributed by atoms with Gasteiger partial charge in [-0.05, 0) is 56.9 Å². The Hall–Kier alpha value is -1.17. The largest absolute Gasteiger partial charge is 0.312 e. The number of hydrogen-bond acceptors (Lipinski definition) is 4. The van der Waals surface area contributed by atoms with Gasteiger partial charge in [-0.2, -0.15) is 5.10 Å². The minimum Gasteiger partial charge on any atom is -0.312 e. The second-order valence-electron chi connectivity index (χ2n) is 5.33. The number of hydrogen-bond donors (Lipinski definition) is 2. The van der Waals surface area contributed by atoms with Gasteiger partial charge in [0.2, 0.25) is 0 Å². The van der Waals surface area contributed by atoms with Crippen LogP contribution in [0.25, 0.3) is 10.6 Å².